The van der Waals surface area contributed by atoms with Crippen molar-refractivity contribution in [2.75, 3.05) is 59.9 Å². The van der Waals surface area contributed by atoms with Crippen molar-refractivity contribution in [1.29, 1.82) is 0 Å². The van der Waals surface area contributed by atoms with Crippen LogP contribution in [0.5, 0.6) is 0 Å². The number of nitrogens with zero attached hydrogens (tertiary/aromatic N) is 4. The van der Waals surface area contributed by atoms with Crippen LogP contribution in [0, 0.1) is 17.8 Å². The van der Waals surface area contributed by atoms with Crippen molar-refractivity contribution < 1.29 is 0 Å². The quantitative estimate of drug-likeness (QED) is 0.623. The van der Waals surface area contributed by atoms with E-state index in [9.17, 15) is 0 Å². The maximum atomic E-state index is 4.58. The van der Waals surface area contributed by atoms with E-state index >= 15 is 0 Å². The molecule has 4 unspecified atom stereocenters. The summed E-state index contributed by atoms with van der Waals surface area (Å²) in [4.78, 5) is 12.3. The van der Waals surface area contributed by atoms with Crippen molar-refractivity contribution in [3.8, 4) is 0 Å². The van der Waals surface area contributed by atoms with Crippen LogP contribution in [0.3, 0.4) is 0 Å². The first-order valence-corrected chi connectivity index (χ1v) is 10.6. The fourth-order valence-corrected chi connectivity index (χ4v) is 5.93. The summed E-state index contributed by atoms with van der Waals surface area (Å²) in [5.74, 6) is 3.96. The molecule has 2 saturated carbocycles. The predicted octanol–water partition coefficient (Wildman–Crippen LogP) is 1.71. The minimum Gasteiger partial charge on any atom is -0.356 e. The third kappa shape index (κ3) is 3.97. The molecule has 4 atom stereocenters. The lowest BCUT2D eigenvalue weighted by molar-refractivity contribution is 0.0955. The summed E-state index contributed by atoms with van der Waals surface area (Å²) in [6.07, 6.45) is 8.69. The van der Waals surface area contributed by atoms with Crippen molar-refractivity contribution in [2.24, 2.45) is 22.7 Å². The highest BCUT2D eigenvalue weighted by atomic mass is 15.4. The van der Waals surface area contributed by atoms with Crippen LogP contribution in [0.15, 0.2) is 4.99 Å². The number of piperidine rings is 1. The first kappa shape index (κ1) is 17.6. The summed E-state index contributed by atoms with van der Waals surface area (Å²) in [5.41, 5.74) is 0. The molecule has 4 rings (SSSR count). The molecule has 0 aromatic rings. The number of rotatable bonds is 3. The summed E-state index contributed by atoms with van der Waals surface area (Å²) >= 11 is 0. The van der Waals surface area contributed by atoms with E-state index in [0.717, 1.165) is 49.4 Å². The van der Waals surface area contributed by atoms with Gasteiger partial charge in [0, 0.05) is 52.4 Å². The van der Waals surface area contributed by atoms with Crippen molar-refractivity contribution in [3.63, 3.8) is 0 Å². The Bertz CT molecular complexity index is 471. The van der Waals surface area contributed by atoms with E-state index in [-0.39, 0.29) is 0 Å². The van der Waals surface area contributed by atoms with Crippen molar-refractivity contribution in [1.82, 2.24) is 20.0 Å². The largest absolute Gasteiger partial charge is 0.356 e. The topological polar surface area (TPSA) is 34.1 Å². The van der Waals surface area contributed by atoms with Gasteiger partial charge in [-0.2, -0.15) is 0 Å². The number of hydrogen-bond acceptors (Lipinski definition) is 3. The predicted molar refractivity (Wildman–Crippen MR) is 104 cm³/mol. The SMILES string of the molecule is CN=C(NCC1CCCN(C)C1)N1CCN(C2CC3CCC2C3)CC1. The lowest BCUT2D eigenvalue weighted by Gasteiger charge is -2.42. The van der Waals surface area contributed by atoms with Gasteiger partial charge in [-0.25, -0.2) is 0 Å². The number of hydrogen-bond donors (Lipinski definition) is 1. The zero-order chi connectivity index (χ0) is 17.2. The summed E-state index contributed by atoms with van der Waals surface area (Å²) in [7, 11) is 4.19. The number of piperazine rings is 1. The molecule has 0 aromatic heterocycles. The van der Waals surface area contributed by atoms with Gasteiger partial charge in [-0.1, -0.05) is 6.42 Å². The minimum atomic E-state index is 0.769. The van der Waals surface area contributed by atoms with Gasteiger partial charge < -0.3 is 15.1 Å². The van der Waals surface area contributed by atoms with E-state index in [1.807, 2.05) is 7.05 Å². The lowest BCUT2D eigenvalue weighted by atomic mass is 9.93. The molecule has 5 nitrogen and oxygen atoms in total. The maximum absolute atomic E-state index is 4.58. The number of guanidine groups is 1. The second-order valence-electron chi connectivity index (χ2n) is 8.96. The number of nitrogens with one attached hydrogen (secondary N) is 1. The Hall–Kier alpha value is -0.810. The van der Waals surface area contributed by atoms with Gasteiger partial charge in [0.05, 0.1) is 0 Å². The molecule has 4 aliphatic rings. The van der Waals surface area contributed by atoms with E-state index in [4.69, 9.17) is 0 Å². The lowest BCUT2D eigenvalue weighted by Crippen LogP contribution is -2.56. The third-order valence-electron chi connectivity index (χ3n) is 7.27. The number of aliphatic imine (C=N–C) groups is 1. The molecular weight excluding hydrogens is 310 g/mol. The van der Waals surface area contributed by atoms with E-state index in [1.165, 1.54) is 64.7 Å². The molecule has 5 heteroatoms. The number of fused-ring (bicyclic) bond motifs is 2. The zero-order valence-corrected chi connectivity index (χ0v) is 16.3. The van der Waals surface area contributed by atoms with Crippen molar-refractivity contribution >= 4 is 5.96 Å². The smallest absolute Gasteiger partial charge is 0.193 e. The first-order chi connectivity index (χ1) is 12.2. The second-order valence-corrected chi connectivity index (χ2v) is 8.96. The van der Waals surface area contributed by atoms with Crippen LogP contribution < -0.4 is 5.32 Å². The molecule has 2 aliphatic heterocycles. The highest BCUT2D eigenvalue weighted by Crippen LogP contribution is 2.46. The Morgan fingerprint density at radius 2 is 1.88 bits per heavy atom. The molecule has 0 radical (unpaired) electrons. The standard InChI is InChI=1S/C20H37N5/c1-21-20(22-14-17-4-3-7-23(2)15-17)25-10-8-24(9-11-25)19-13-16-5-6-18(19)12-16/h16-19H,3-15H2,1-2H3,(H,21,22). The monoisotopic (exact) mass is 347 g/mol. The minimum absolute atomic E-state index is 0.769. The average molecular weight is 348 g/mol. The molecule has 0 aromatic carbocycles. The van der Waals surface area contributed by atoms with Gasteiger partial charge >= 0.3 is 0 Å². The van der Waals surface area contributed by atoms with Crippen molar-refractivity contribution in [3.05, 3.63) is 0 Å². The third-order valence-corrected chi connectivity index (χ3v) is 7.27. The van der Waals surface area contributed by atoms with E-state index < -0.39 is 0 Å². The summed E-state index contributed by atoms with van der Waals surface area (Å²) in [5, 5.41) is 3.67. The highest BCUT2D eigenvalue weighted by Gasteiger charge is 2.42. The van der Waals surface area contributed by atoms with Crippen LogP contribution >= 0.6 is 0 Å². The van der Waals surface area contributed by atoms with Gasteiger partial charge in [0.2, 0.25) is 0 Å². The molecule has 25 heavy (non-hydrogen) atoms. The highest BCUT2D eigenvalue weighted by molar-refractivity contribution is 5.80. The molecule has 0 spiro atoms. The fourth-order valence-electron chi connectivity index (χ4n) is 5.93. The van der Waals surface area contributed by atoms with Crippen molar-refractivity contribution in [2.45, 2.75) is 44.6 Å². The molecule has 2 aliphatic carbocycles. The van der Waals surface area contributed by atoms with Crippen LogP contribution in [0.1, 0.15) is 38.5 Å². The number of likely N-dealkylation sites (tertiary alicyclic amines) is 1. The van der Waals surface area contributed by atoms with Gasteiger partial charge in [-0.05, 0) is 63.5 Å². The first-order valence-electron chi connectivity index (χ1n) is 10.6. The van der Waals surface area contributed by atoms with E-state index in [0.29, 0.717) is 0 Å². The van der Waals surface area contributed by atoms with Crippen LogP contribution in [0.2, 0.25) is 0 Å². The van der Waals surface area contributed by atoms with Gasteiger partial charge in [0.1, 0.15) is 0 Å². The van der Waals surface area contributed by atoms with Gasteiger partial charge in [-0.3, -0.25) is 9.89 Å². The maximum Gasteiger partial charge on any atom is 0.193 e. The molecule has 0 amide bonds. The van der Waals surface area contributed by atoms with Crippen LogP contribution in [-0.2, 0) is 0 Å². The normalized spacial score (nSPS) is 37.7. The Labute approximate surface area is 153 Å². The average Bonchev–Trinajstić information content (AvgIpc) is 3.26. The molecule has 142 valence electrons. The summed E-state index contributed by atoms with van der Waals surface area (Å²) in [6.45, 7) is 8.28. The molecule has 4 fully saturated rings. The van der Waals surface area contributed by atoms with E-state index in [2.05, 4.69) is 32.1 Å². The molecule has 1 N–H and O–H groups in total. The molecular formula is C20H37N5. The Balaban J connectivity index is 1.23. The molecule has 2 heterocycles. The Kier molecular flexibility index (Phi) is 5.51. The second kappa shape index (κ2) is 7.83. The Morgan fingerprint density at radius 3 is 2.52 bits per heavy atom. The zero-order valence-electron chi connectivity index (χ0n) is 16.3. The Morgan fingerprint density at radius 1 is 1.04 bits per heavy atom. The van der Waals surface area contributed by atoms with Gasteiger partial charge in [-0.15, -0.1) is 0 Å². The fraction of sp³-hybridized carbons (Fsp3) is 0.950. The molecule has 2 bridgehead atoms. The van der Waals surface area contributed by atoms with Gasteiger partial charge in [0.15, 0.2) is 5.96 Å². The van der Waals surface area contributed by atoms with Gasteiger partial charge in [0.25, 0.3) is 0 Å². The molecule has 2 saturated heterocycles. The van der Waals surface area contributed by atoms with Crippen LogP contribution in [0.4, 0.5) is 0 Å². The van der Waals surface area contributed by atoms with Crippen LogP contribution in [0.25, 0.3) is 0 Å². The summed E-state index contributed by atoms with van der Waals surface area (Å²) in [6, 6.07) is 0.897. The summed E-state index contributed by atoms with van der Waals surface area (Å²) < 4.78 is 0. The van der Waals surface area contributed by atoms with E-state index in [1.54, 1.807) is 0 Å². The van der Waals surface area contributed by atoms with Crippen LogP contribution in [-0.4, -0.2) is 86.6 Å².